The van der Waals surface area contributed by atoms with E-state index < -0.39 is 17.7 Å². The van der Waals surface area contributed by atoms with Gasteiger partial charge in [0.05, 0.1) is 31.4 Å². The molecule has 1 heterocycles. The number of aryl methyl sites for hydroxylation is 1. The molecule has 1 N–H and O–H groups in total. The van der Waals surface area contributed by atoms with Gasteiger partial charge in [-0.2, -0.15) is 0 Å². The molecule has 0 bridgehead atoms. The number of nitrogens with zero attached hydrogens (tertiary/aromatic N) is 1. The third-order valence-electron chi connectivity index (χ3n) is 5.55. The highest BCUT2D eigenvalue weighted by atomic mass is 16.5. The zero-order valence-corrected chi connectivity index (χ0v) is 18.0. The van der Waals surface area contributed by atoms with Crippen molar-refractivity contribution >= 4 is 23.1 Å². The van der Waals surface area contributed by atoms with Crippen LogP contribution >= 0.6 is 0 Å². The van der Waals surface area contributed by atoms with E-state index in [2.05, 4.69) is 0 Å². The van der Waals surface area contributed by atoms with Crippen LogP contribution in [0, 0.1) is 6.92 Å². The van der Waals surface area contributed by atoms with Crippen LogP contribution in [0.1, 0.15) is 22.7 Å². The van der Waals surface area contributed by atoms with Gasteiger partial charge in [0.1, 0.15) is 17.3 Å². The molecule has 1 amide bonds. The number of rotatable bonds is 5. The Morgan fingerprint density at radius 3 is 2.09 bits per heavy atom. The average Bonchev–Trinajstić information content (AvgIpc) is 3.09. The minimum absolute atomic E-state index is 0.0235. The summed E-state index contributed by atoms with van der Waals surface area (Å²) in [5.41, 5.74) is 2.47. The average molecular weight is 429 g/mol. The highest BCUT2D eigenvalue weighted by Gasteiger charge is 2.48. The number of carbonyl (C=O) groups is 2. The Labute approximate surface area is 186 Å². The molecule has 1 unspecified atom stereocenters. The van der Waals surface area contributed by atoms with Crippen molar-refractivity contribution < 1.29 is 24.2 Å². The van der Waals surface area contributed by atoms with E-state index in [1.54, 1.807) is 60.7 Å². The van der Waals surface area contributed by atoms with E-state index in [9.17, 15) is 14.7 Å². The molecule has 0 aromatic heterocycles. The van der Waals surface area contributed by atoms with Crippen molar-refractivity contribution in [1.29, 1.82) is 0 Å². The molecule has 0 spiro atoms. The predicted octanol–water partition coefficient (Wildman–Crippen LogP) is 4.64. The Bertz CT molecular complexity index is 1210. The van der Waals surface area contributed by atoms with Crippen molar-refractivity contribution in [2.45, 2.75) is 13.0 Å². The number of methoxy groups -OCH3 is 2. The van der Waals surface area contributed by atoms with Crippen molar-refractivity contribution in [3.8, 4) is 11.5 Å². The van der Waals surface area contributed by atoms with Gasteiger partial charge in [-0.05, 0) is 37.3 Å². The molecule has 1 aliphatic rings. The standard InChI is InChI=1S/C26H23NO5/c1-16-12-14-17(15-13-16)27-23(18-8-4-6-10-20(18)31-2)22(25(29)26(27)30)24(28)19-9-5-7-11-21(19)32-3/h4-15,23,28H,1-3H3/b24-22+. The molecule has 3 aromatic carbocycles. The predicted molar refractivity (Wildman–Crippen MR) is 122 cm³/mol. The van der Waals surface area contributed by atoms with Gasteiger partial charge in [0.25, 0.3) is 11.7 Å². The summed E-state index contributed by atoms with van der Waals surface area (Å²) in [6, 6.07) is 20.4. The lowest BCUT2D eigenvalue weighted by molar-refractivity contribution is -0.132. The smallest absolute Gasteiger partial charge is 0.300 e. The molecule has 6 heteroatoms. The van der Waals surface area contributed by atoms with Gasteiger partial charge in [-0.1, -0.05) is 48.0 Å². The molecule has 0 saturated carbocycles. The second-order valence-electron chi connectivity index (χ2n) is 7.45. The van der Waals surface area contributed by atoms with Crippen molar-refractivity contribution in [2.24, 2.45) is 0 Å². The SMILES string of the molecule is COc1ccccc1/C(O)=C1\C(=O)C(=O)N(c2ccc(C)cc2)C1c1ccccc1OC. The van der Waals surface area contributed by atoms with Gasteiger partial charge >= 0.3 is 0 Å². The second kappa shape index (κ2) is 8.59. The molecule has 1 aliphatic heterocycles. The van der Waals surface area contributed by atoms with Crippen LogP contribution in [0.4, 0.5) is 5.69 Å². The van der Waals surface area contributed by atoms with Crippen molar-refractivity contribution in [3.05, 3.63) is 95.1 Å². The number of anilines is 1. The Morgan fingerprint density at radius 1 is 0.844 bits per heavy atom. The van der Waals surface area contributed by atoms with Crippen LogP contribution in [0.15, 0.2) is 78.4 Å². The first-order chi connectivity index (χ1) is 15.5. The molecule has 0 radical (unpaired) electrons. The molecule has 4 rings (SSSR count). The maximum Gasteiger partial charge on any atom is 0.300 e. The number of carbonyl (C=O) groups excluding carboxylic acids is 2. The van der Waals surface area contributed by atoms with E-state index in [-0.39, 0.29) is 11.3 Å². The molecule has 162 valence electrons. The first kappa shape index (κ1) is 21.2. The number of Topliss-reactive ketones (excluding diaryl/α,β-unsaturated/α-hetero) is 1. The molecule has 0 aliphatic carbocycles. The third-order valence-corrected chi connectivity index (χ3v) is 5.55. The Morgan fingerprint density at radius 2 is 1.44 bits per heavy atom. The minimum Gasteiger partial charge on any atom is -0.507 e. The number of hydrogen-bond donors (Lipinski definition) is 1. The van der Waals surface area contributed by atoms with Crippen LogP contribution in [0.5, 0.6) is 11.5 Å². The summed E-state index contributed by atoms with van der Waals surface area (Å²) in [6.45, 7) is 1.94. The van der Waals surface area contributed by atoms with Gasteiger partial charge in [-0.3, -0.25) is 14.5 Å². The lowest BCUT2D eigenvalue weighted by Gasteiger charge is -2.26. The maximum absolute atomic E-state index is 13.3. The number of amides is 1. The van der Waals surface area contributed by atoms with E-state index in [4.69, 9.17) is 9.47 Å². The molecule has 3 aromatic rings. The summed E-state index contributed by atoms with van der Waals surface area (Å²) < 4.78 is 10.9. The molecule has 1 atom stereocenters. The van der Waals surface area contributed by atoms with E-state index in [1.165, 1.54) is 19.1 Å². The largest absolute Gasteiger partial charge is 0.507 e. The summed E-state index contributed by atoms with van der Waals surface area (Å²) in [5.74, 6) is -0.898. The minimum atomic E-state index is -0.876. The Hall–Kier alpha value is -4.06. The molecular weight excluding hydrogens is 406 g/mol. The number of hydrogen-bond acceptors (Lipinski definition) is 5. The lowest BCUT2D eigenvalue weighted by Crippen LogP contribution is -2.29. The van der Waals surface area contributed by atoms with E-state index in [0.29, 0.717) is 28.3 Å². The number of ether oxygens (including phenoxy) is 2. The zero-order chi connectivity index (χ0) is 22.8. The number of benzene rings is 3. The molecule has 1 saturated heterocycles. The van der Waals surface area contributed by atoms with E-state index in [1.807, 2.05) is 19.1 Å². The van der Waals surface area contributed by atoms with E-state index >= 15 is 0 Å². The summed E-state index contributed by atoms with van der Waals surface area (Å²) in [4.78, 5) is 27.9. The number of aliphatic hydroxyl groups excluding tert-OH is 1. The first-order valence-electron chi connectivity index (χ1n) is 10.1. The van der Waals surface area contributed by atoms with Crippen LogP contribution in [0.3, 0.4) is 0 Å². The van der Waals surface area contributed by atoms with Gasteiger partial charge < -0.3 is 14.6 Å². The van der Waals surface area contributed by atoms with Crippen LogP contribution in [0.2, 0.25) is 0 Å². The maximum atomic E-state index is 13.3. The topological polar surface area (TPSA) is 76.1 Å². The highest BCUT2D eigenvalue weighted by Crippen LogP contribution is 2.45. The van der Waals surface area contributed by atoms with E-state index in [0.717, 1.165) is 5.56 Å². The van der Waals surface area contributed by atoms with Crippen molar-refractivity contribution in [2.75, 3.05) is 19.1 Å². The molecule has 1 fully saturated rings. The number of aliphatic hydroxyl groups is 1. The fourth-order valence-electron chi connectivity index (χ4n) is 3.98. The summed E-state index contributed by atoms with van der Waals surface area (Å²) >= 11 is 0. The number of ketones is 1. The quantitative estimate of drug-likeness (QED) is 0.363. The molecular formula is C26H23NO5. The zero-order valence-electron chi connectivity index (χ0n) is 18.0. The third kappa shape index (κ3) is 3.50. The normalized spacial score (nSPS) is 17.5. The van der Waals surface area contributed by atoms with Crippen LogP contribution in [-0.2, 0) is 9.59 Å². The van der Waals surface area contributed by atoms with Crippen molar-refractivity contribution in [3.63, 3.8) is 0 Å². The molecule has 6 nitrogen and oxygen atoms in total. The molecule has 32 heavy (non-hydrogen) atoms. The van der Waals surface area contributed by atoms with Crippen LogP contribution in [0.25, 0.3) is 5.76 Å². The summed E-state index contributed by atoms with van der Waals surface area (Å²) in [6.07, 6.45) is 0. The first-order valence-corrected chi connectivity index (χ1v) is 10.1. The Kier molecular flexibility index (Phi) is 5.69. The van der Waals surface area contributed by atoms with Crippen LogP contribution < -0.4 is 14.4 Å². The lowest BCUT2D eigenvalue weighted by atomic mass is 9.94. The Balaban J connectivity index is 2.00. The monoisotopic (exact) mass is 429 g/mol. The number of para-hydroxylation sites is 2. The van der Waals surface area contributed by atoms with Crippen molar-refractivity contribution in [1.82, 2.24) is 0 Å². The fourth-order valence-corrected chi connectivity index (χ4v) is 3.98. The summed E-state index contributed by atoms with van der Waals surface area (Å²) in [5, 5.41) is 11.3. The second-order valence-corrected chi connectivity index (χ2v) is 7.45. The van der Waals surface area contributed by atoms with Gasteiger partial charge in [0.2, 0.25) is 0 Å². The summed E-state index contributed by atoms with van der Waals surface area (Å²) in [7, 11) is 3.01. The van der Waals surface area contributed by atoms with Gasteiger partial charge in [-0.15, -0.1) is 0 Å². The van der Waals surface area contributed by atoms with Crippen LogP contribution in [-0.4, -0.2) is 31.0 Å². The highest BCUT2D eigenvalue weighted by molar-refractivity contribution is 6.51. The van der Waals surface area contributed by atoms with Gasteiger partial charge in [0.15, 0.2) is 0 Å². The fraction of sp³-hybridized carbons (Fsp3) is 0.154. The van der Waals surface area contributed by atoms with Gasteiger partial charge in [0, 0.05) is 11.3 Å². The van der Waals surface area contributed by atoms with Gasteiger partial charge in [-0.25, -0.2) is 0 Å².